The van der Waals surface area contributed by atoms with Crippen molar-refractivity contribution >= 4 is 0 Å². The second-order valence-electron chi connectivity index (χ2n) is 6.91. The Balaban J connectivity index is 1.59. The Morgan fingerprint density at radius 1 is 1.26 bits per heavy atom. The monoisotopic (exact) mass is 270 g/mol. The quantitative estimate of drug-likeness (QED) is 0.789. The number of aliphatic hydroxyl groups excluding tert-OH is 1. The maximum atomic E-state index is 10.1. The van der Waals surface area contributed by atoms with E-state index in [1.165, 1.54) is 25.7 Å². The largest absolute Gasteiger partial charge is 0.390 e. The van der Waals surface area contributed by atoms with Crippen LogP contribution in [0.25, 0.3) is 0 Å². The van der Waals surface area contributed by atoms with Gasteiger partial charge in [-0.05, 0) is 31.1 Å². The Kier molecular flexibility index (Phi) is 5.63. The molecular formula is C15H30N2O2. The van der Waals surface area contributed by atoms with Crippen LogP contribution in [0.4, 0.5) is 0 Å². The van der Waals surface area contributed by atoms with E-state index < -0.39 is 0 Å². The van der Waals surface area contributed by atoms with Crippen LogP contribution in [0.15, 0.2) is 0 Å². The number of ether oxygens (including phenoxy) is 1. The van der Waals surface area contributed by atoms with Crippen molar-refractivity contribution in [2.45, 2.75) is 51.7 Å². The zero-order chi connectivity index (χ0) is 13.7. The van der Waals surface area contributed by atoms with E-state index in [0.717, 1.165) is 39.4 Å². The third-order valence-corrected chi connectivity index (χ3v) is 4.55. The van der Waals surface area contributed by atoms with Gasteiger partial charge < -0.3 is 15.2 Å². The van der Waals surface area contributed by atoms with E-state index in [0.29, 0.717) is 11.5 Å². The molecule has 0 bridgehead atoms. The molecule has 0 amide bonds. The van der Waals surface area contributed by atoms with Gasteiger partial charge in [-0.3, -0.25) is 4.90 Å². The third-order valence-electron chi connectivity index (χ3n) is 4.55. The molecule has 4 heteroatoms. The van der Waals surface area contributed by atoms with Gasteiger partial charge in [0.05, 0.1) is 19.3 Å². The number of morpholine rings is 1. The number of hydrogen-bond acceptors (Lipinski definition) is 4. The van der Waals surface area contributed by atoms with E-state index >= 15 is 0 Å². The molecule has 0 aromatic rings. The summed E-state index contributed by atoms with van der Waals surface area (Å²) in [6, 6.07) is 0.604. The predicted molar refractivity (Wildman–Crippen MR) is 77.3 cm³/mol. The normalized spacial score (nSPS) is 27.3. The van der Waals surface area contributed by atoms with Crippen LogP contribution in [-0.2, 0) is 4.74 Å². The first kappa shape index (κ1) is 15.2. The Labute approximate surface area is 117 Å². The lowest BCUT2D eigenvalue weighted by molar-refractivity contribution is 0.0140. The predicted octanol–water partition coefficient (Wildman–Crippen LogP) is 1.24. The van der Waals surface area contributed by atoms with Crippen LogP contribution in [0, 0.1) is 5.41 Å². The van der Waals surface area contributed by atoms with Gasteiger partial charge in [0.2, 0.25) is 0 Å². The summed E-state index contributed by atoms with van der Waals surface area (Å²) in [4.78, 5) is 2.29. The first-order valence-electron chi connectivity index (χ1n) is 7.77. The van der Waals surface area contributed by atoms with Crippen LogP contribution in [-0.4, -0.2) is 61.5 Å². The van der Waals surface area contributed by atoms with Gasteiger partial charge in [-0.15, -0.1) is 0 Å². The lowest BCUT2D eigenvalue weighted by Gasteiger charge is -2.35. The van der Waals surface area contributed by atoms with Gasteiger partial charge in [-0.1, -0.05) is 13.8 Å². The summed E-state index contributed by atoms with van der Waals surface area (Å²) in [7, 11) is 0. The van der Waals surface area contributed by atoms with Crippen molar-refractivity contribution in [2.75, 3.05) is 39.4 Å². The van der Waals surface area contributed by atoms with Crippen molar-refractivity contribution in [3.63, 3.8) is 0 Å². The first-order valence-corrected chi connectivity index (χ1v) is 7.77. The third kappa shape index (κ3) is 5.38. The second-order valence-corrected chi connectivity index (χ2v) is 6.91. The van der Waals surface area contributed by atoms with Crippen molar-refractivity contribution in [3.8, 4) is 0 Å². The molecule has 1 heterocycles. The van der Waals surface area contributed by atoms with Gasteiger partial charge in [-0.25, -0.2) is 0 Å². The zero-order valence-corrected chi connectivity index (χ0v) is 12.5. The molecule has 19 heavy (non-hydrogen) atoms. The Morgan fingerprint density at radius 2 is 1.89 bits per heavy atom. The van der Waals surface area contributed by atoms with Crippen molar-refractivity contribution in [1.29, 1.82) is 0 Å². The SMILES string of the molecule is CC1(C)CCC(NCC(O)CN2CCOCC2)CC1. The molecule has 1 aliphatic carbocycles. The zero-order valence-electron chi connectivity index (χ0n) is 12.5. The summed E-state index contributed by atoms with van der Waals surface area (Å²) in [6.07, 6.45) is 4.83. The van der Waals surface area contributed by atoms with E-state index in [1.54, 1.807) is 0 Å². The van der Waals surface area contributed by atoms with Crippen LogP contribution in [0.3, 0.4) is 0 Å². The summed E-state index contributed by atoms with van der Waals surface area (Å²) >= 11 is 0. The molecule has 0 radical (unpaired) electrons. The molecule has 2 aliphatic rings. The number of rotatable bonds is 5. The van der Waals surface area contributed by atoms with Crippen molar-refractivity contribution < 1.29 is 9.84 Å². The Morgan fingerprint density at radius 3 is 2.53 bits per heavy atom. The summed E-state index contributed by atoms with van der Waals surface area (Å²) in [5.74, 6) is 0. The minimum absolute atomic E-state index is 0.256. The Hall–Kier alpha value is -0.160. The van der Waals surface area contributed by atoms with Crippen LogP contribution < -0.4 is 5.32 Å². The average molecular weight is 270 g/mol. The van der Waals surface area contributed by atoms with E-state index in [1.807, 2.05) is 0 Å². The highest BCUT2D eigenvalue weighted by molar-refractivity contribution is 4.83. The van der Waals surface area contributed by atoms with Gasteiger partial charge in [0, 0.05) is 32.2 Å². The molecular weight excluding hydrogens is 240 g/mol. The topological polar surface area (TPSA) is 44.7 Å². The van der Waals surface area contributed by atoms with E-state index in [4.69, 9.17) is 4.74 Å². The number of nitrogens with zero attached hydrogens (tertiary/aromatic N) is 1. The molecule has 0 aromatic heterocycles. The van der Waals surface area contributed by atoms with Crippen molar-refractivity contribution in [3.05, 3.63) is 0 Å². The molecule has 1 atom stereocenters. The van der Waals surface area contributed by atoms with Crippen LogP contribution in [0.1, 0.15) is 39.5 Å². The molecule has 1 aliphatic heterocycles. The number of β-amino-alcohol motifs (C(OH)–C–C–N with tert-alkyl or cyclic N) is 1. The van der Waals surface area contributed by atoms with Crippen molar-refractivity contribution in [2.24, 2.45) is 5.41 Å². The van der Waals surface area contributed by atoms with Gasteiger partial charge >= 0.3 is 0 Å². The smallest absolute Gasteiger partial charge is 0.0791 e. The fraction of sp³-hybridized carbons (Fsp3) is 1.00. The van der Waals surface area contributed by atoms with Gasteiger partial charge in [-0.2, -0.15) is 0 Å². The lowest BCUT2D eigenvalue weighted by atomic mass is 9.75. The molecule has 1 unspecified atom stereocenters. The minimum Gasteiger partial charge on any atom is -0.390 e. The molecule has 2 N–H and O–H groups in total. The molecule has 0 aromatic carbocycles. The van der Waals surface area contributed by atoms with Crippen LogP contribution in [0.2, 0.25) is 0 Å². The fourth-order valence-corrected chi connectivity index (χ4v) is 3.05. The Bertz CT molecular complexity index is 255. The average Bonchev–Trinajstić information content (AvgIpc) is 2.39. The number of nitrogens with one attached hydrogen (secondary N) is 1. The first-order chi connectivity index (χ1) is 9.05. The molecule has 112 valence electrons. The number of hydrogen-bond donors (Lipinski definition) is 2. The highest BCUT2D eigenvalue weighted by Gasteiger charge is 2.26. The van der Waals surface area contributed by atoms with Gasteiger partial charge in [0.15, 0.2) is 0 Å². The second kappa shape index (κ2) is 7.02. The van der Waals surface area contributed by atoms with Crippen molar-refractivity contribution in [1.82, 2.24) is 10.2 Å². The molecule has 2 fully saturated rings. The molecule has 0 spiro atoms. The molecule has 4 nitrogen and oxygen atoms in total. The van der Waals surface area contributed by atoms with Crippen LogP contribution in [0.5, 0.6) is 0 Å². The van der Waals surface area contributed by atoms with E-state index in [2.05, 4.69) is 24.1 Å². The fourth-order valence-electron chi connectivity index (χ4n) is 3.05. The maximum Gasteiger partial charge on any atom is 0.0791 e. The van der Waals surface area contributed by atoms with Gasteiger partial charge in [0.25, 0.3) is 0 Å². The molecule has 1 saturated carbocycles. The van der Waals surface area contributed by atoms with E-state index in [-0.39, 0.29) is 6.10 Å². The van der Waals surface area contributed by atoms with Gasteiger partial charge in [0.1, 0.15) is 0 Å². The minimum atomic E-state index is -0.256. The summed E-state index contributed by atoms with van der Waals surface area (Å²) in [5, 5.41) is 13.6. The highest BCUT2D eigenvalue weighted by atomic mass is 16.5. The maximum absolute atomic E-state index is 10.1. The molecule has 2 rings (SSSR count). The lowest BCUT2D eigenvalue weighted by Crippen LogP contribution is -2.46. The summed E-state index contributed by atoms with van der Waals surface area (Å²) in [6.45, 7) is 9.73. The number of aliphatic hydroxyl groups is 1. The van der Waals surface area contributed by atoms with E-state index in [9.17, 15) is 5.11 Å². The highest BCUT2D eigenvalue weighted by Crippen LogP contribution is 2.34. The summed E-state index contributed by atoms with van der Waals surface area (Å²) in [5.41, 5.74) is 0.518. The van der Waals surface area contributed by atoms with Crippen LogP contribution >= 0.6 is 0 Å². The molecule has 1 saturated heterocycles. The standard InChI is InChI=1S/C15H30N2O2/c1-15(2)5-3-13(4-6-15)16-11-14(18)12-17-7-9-19-10-8-17/h13-14,16,18H,3-12H2,1-2H3. The summed E-state index contributed by atoms with van der Waals surface area (Å²) < 4.78 is 5.32.